The number of non-ortho nitro benzene ring substituents is 1. The molecule has 0 aliphatic carbocycles. The van der Waals surface area contributed by atoms with E-state index in [1.165, 1.54) is 25.3 Å². The number of aliphatic carboxylic acids is 2. The molecular weight excluding hydrogens is 396 g/mol. The Morgan fingerprint density at radius 2 is 1.63 bits per heavy atom. The molecule has 10 nitrogen and oxygen atoms in total. The molecule has 0 radical (unpaired) electrons. The summed E-state index contributed by atoms with van der Waals surface area (Å²) in [5.74, 6) is -5.53. The van der Waals surface area contributed by atoms with Gasteiger partial charge in [0.1, 0.15) is 11.5 Å². The maximum atomic E-state index is 12.1. The number of carboxylic acids is 2. The van der Waals surface area contributed by atoms with Gasteiger partial charge < -0.3 is 35.0 Å². The van der Waals surface area contributed by atoms with E-state index in [0.717, 1.165) is 12.1 Å². The van der Waals surface area contributed by atoms with Crippen molar-refractivity contribution in [3.8, 4) is 5.75 Å². The maximum absolute atomic E-state index is 12.1. The molecule has 1 heterocycles. The third kappa shape index (κ3) is 3.53. The van der Waals surface area contributed by atoms with E-state index in [9.17, 15) is 29.9 Å². The van der Waals surface area contributed by atoms with Crippen molar-refractivity contribution < 1.29 is 34.2 Å². The number of carbonyl (C=O) groups is 2. The predicted molar refractivity (Wildman–Crippen MR) is 98.1 cm³/mol. The van der Waals surface area contributed by atoms with Gasteiger partial charge in [0.2, 0.25) is 0 Å². The minimum atomic E-state index is -1.76. The quantitative estimate of drug-likeness (QED) is 0.500. The van der Waals surface area contributed by atoms with Crippen LogP contribution >= 0.6 is 0 Å². The fraction of sp³-hybridized carbons (Fsp3) is 0.100. The molecular formula is C20H14N2O8-2. The Morgan fingerprint density at radius 3 is 2.17 bits per heavy atom. The van der Waals surface area contributed by atoms with Crippen LogP contribution in [0.15, 0.2) is 65.6 Å². The molecule has 1 unspecified atom stereocenters. The van der Waals surface area contributed by atoms with Gasteiger partial charge in [-0.05, 0) is 17.7 Å². The van der Waals surface area contributed by atoms with Gasteiger partial charge in [-0.25, -0.2) is 0 Å². The molecule has 0 bridgehead atoms. The Balaban J connectivity index is 2.30. The number of hydrogen-bond acceptors (Lipinski definition) is 9. The number of para-hydroxylation sites is 1. The fourth-order valence-electron chi connectivity index (χ4n) is 3.22. The van der Waals surface area contributed by atoms with E-state index in [1.54, 1.807) is 18.2 Å². The van der Waals surface area contributed by atoms with E-state index in [0.29, 0.717) is 0 Å². The molecule has 0 saturated carbocycles. The summed E-state index contributed by atoms with van der Waals surface area (Å²) in [6, 6.07) is 11.0. The van der Waals surface area contributed by atoms with Crippen LogP contribution in [-0.2, 0) is 14.3 Å². The van der Waals surface area contributed by atoms with Crippen LogP contribution in [0.25, 0.3) is 5.76 Å². The molecule has 0 saturated heterocycles. The second-order valence-electron chi connectivity index (χ2n) is 6.18. The third-order valence-corrected chi connectivity index (χ3v) is 4.53. The van der Waals surface area contributed by atoms with Gasteiger partial charge in [0.05, 0.1) is 29.5 Å². The van der Waals surface area contributed by atoms with Crippen LogP contribution in [0.1, 0.15) is 17.0 Å². The molecule has 0 fully saturated rings. The summed E-state index contributed by atoms with van der Waals surface area (Å²) in [4.78, 5) is 34.1. The van der Waals surface area contributed by atoms with Gasteiger partial charge in [-0.3, -0.25) is 10.1 Å². The molecule has 2 aromatic rings. The van der Waals surface area contributed by atoms with E-state index in [1.807, 2.05) is 0 Å². The normalized spacial score (nSPS) is 16.1. The molecule has 3 rings (SSSR count). The zero-order valence-corrected chi connectivity index (χ0v) is 15.5. The van der Waals surface area contributed by atoms with Gasteiger partial charge in [-0.1, -0.05) is 24.3 Å². The number of benzene rings is 2. The van der Waals surface area contributed by atoms with Crippen LogP contribution < -0.4 is 20.7 Å². The van der Waals surface area contributed by atoms with E-state index in [-0.39, 0.29) is 28.3 Å². The summed E-state index contributed by atoms with van der Waals surface area (Å²) in [7, 11) is 1.36. The molecule has 0 spiro atoms. The van der Waals surface area contributed by atoms with Crippen LogP contribution in [0.2, 0.25) is 0 Å². The lowest BCUT2D eigenvalue weighted by molar-refractivity contribution is -0.384. The molecule has 30 heavy (non-hydrogen) atoms. The predicted octanol–water partition coefficient (Wildman–Crippen LogP) is -0.201. The largest absolute Gasteiger partial charge is 0.545 e. The standard InChI is InChI=1S/C20H16N2O8/c1-29-13-5-3-2-4-12(13)17-15(19(23)24)14(16(20(25)26)18(21)30-17)10-6-8-11(9-7-10)22(27)28/h2-9,14H,21H2,1H3,(H,23,24)(H,25,26)/p-2. The van der Waals surface area contributed by atoms with Gasteiger partial charge >= 0.3 is 0 Å². The fourth-order valence-corrected chi connectivity index (χ4v) is 3.22. The number of nitrogens with two attached hydrogens (primary N) is 1. The van der Waals surface area contributed by atoms with Crippen LogP contribution in [0, 0.1) is 10.1 Å². The van der Waals surface area contributed by atoms with Gasteiger partial charge in [0.25, 0.3) is 5.69 Å². The Bertz CT molecular complexity index is 1100. The molecule has 2 N–H and O–H groups in total. The number of nitrogens with zero attached hydrogens (tertiary/aromatic N) is 1. The topological polar surface area (TPSA) is 168 Å². The zero-order chi connectivity index (χ0) is 22.0. The number of hydrogen-bond donors (Lipinski definition) is 1. The highest BCUT2D eigenvalue weighted by atomic mass is 16.6. The third-order valence-electron chi connectivity index (χ3n) is 4.53. The zero-order valence-electron chi connectivity index (χ0n) is 15.5. The lowest BCUT2D eigenvalue weighted by atomic mass is 9.81. The van der Waals surface area contributed by atoms with Crippen molar-refractivity contribution in [2.75, 3.05) is 7.11 Å². The molecule has 1 atom stereocenters. The van der Waals surface area contributed by atoms with Crippen LogP contribution in [-0.4, -0.2) is 24.0 Å². The molecule has 0 aromatic heterocycles. The maximum Gasteiger partial charge on any atom is 0.269 e. The highest BCUT2D eigenvalue weighted by Gasteiger charge is 2.35. The SMILES string of the molecule is COc1ccccc1C1=C(C(=O)[O-])C(c2ccc([N+](=O)[O-])cc2)C(C(=O)[O-])=C(N)O1. The molecule has 1 aliphatic heterocycles. The summed E-state index contributed by atoms with van der Waals surface area (Å²) in [6.07, 6.45) is 0. The second kappa shape index (κ2) is 7.95. The van der Waals surface area contributed by atoms with Crippen molar-refractivity contribution in [2.24, 2.45) is 5.73 Å². The van der Waals surface area contributed by atoms with Gasteiger partial charge in [0.15, 0.2) is 5.88 Å². The highest BCUT2D eigenvalue weighted by Crippen LogP contribution is 2.44. The monoisotopic (exact) mass is 410 g/mol. The number of methoxy groups -OCH3 is 1. The van der Waals surface area contributed by atoms with E-state index in [4.69, 9.17) is 15.2 Å². The highest BCUT2D eigenvalue weighted by molar-refractivity contribution is 6.02. The Morgan fingerprint density at radius 1 is 1.03 bits per heavy atom. The molecule has 1 aliphatic rings. The number of carbonyl (C=O) groups excluding carboxylic acids is 2. The summed E-state index contributed by atoms with van der Waals surface area (Å²) >= 11 is 0. The van der Waals surface area contributed by atoms with Gasteiger partial charge in [0, 0.05) is 29.2 Å². The average molecular weight is 410 g/mol. The summed E-state index contributed by atoms with van der Waals surface area (Å²) < 4.78 is 10.6. The number of nitro benzene ring substituents is 1. The Hall–Kier alpha value is -4.34. The first-order valence-corrected chi connectivity index (χ1v) is 8.48. The molecule has 10 heteroatoms. The first kappa shape index (κ1) is 20.4. The summed E-state index contributed by atoms with van der Waals surface area (Å²) in [5.41, 5.74) is 4.68. The molecule has 154 valence electrons. The minimum Gasteiger partial charge on any atom is -0.545 e. The van der Waals surface area contributed by atoms with Crippen LogP contribution in [0.3, 0.4) is 0 Å². The number of rotatable bonds is 6. The van der Waals surface area contributed by atoms with Gasteiger partial charge in [-0.2, -0.15) is 0 Å². The minimum absolute atomic E-state index is 0.109. The van der Waals surface area contributed by atoms with Crippen LogP contribution in [0.4, 0.5) is 5.69 Å². The summed E-state index contributed by atoms with van der Waals surface area (Å²) in [5, 5.41) is 34.8. The number of nitro groups is 1. The van der Waals surface area contributed by atoms with Crippen molar-refractivity contribution in [3.05, 3.63) is 86.8 Å². The van der Waals surface area contributed by atoms with E-state index < -0.39 is 39.8 Å². The lowest BCUT2D eigenvalue weighted by Gasteiger charge is -2.33. The molecule has 0 amide bonds. The second-order valence-corrected chi connectivity index (χ2v) is 6.18. The van der Waals surface area contributed by atoms with Crippen molar-refractivity contribution >= 4 is 23.4 Å². The van der Waals surface area contributed by atoms with Crippen molar-refractivity contribution in [1.82, 2.24) is 0 Å². The summed E-state index contributed by atoms with van der Waals surface area (Å²) in [6.45, 7) is 0. The first-order chi connectivity index (χ1) is 14.3. The lowest BCUT2D eigenvalue weighted by Crippen LogP contribution is -2.38. The Kier molecular flexibility index (Phi) is 5.41. The van der Waals surface area contributed by atoms with Crippen molar-refractivity contribution in [1.29, 1.82) is 0 Å². The van der Waals surface area contributed by atoms with Gasteiger partial charge in [-0.15, -0.1) is 0 Å². The average Bonchev–Trinajstić information content (AvgIpc) is 2.72. The van der Waals surface area contributed by atoms with Crippen molar-refractivity contribution in [2.45, 2.75) is 5.92 Å². The number of carboxylic acid groups (broad SMARTS) is 2. The number of ether oxygens (including phenoxy) is 2. The molecule has 2 aromatic carbocycles. The first-order valence-electron chi connectivity index (χ1n) is 8.48. The van der Waals surface area contributed by atoms with Crippen LogP contribution in [0.5, 0.6) is 5.75 Å². The smallest absolute Gasteiger partial charge is 0.269 e. The van der Waals surface area contributed by atoms with Crippen molar-refractivity contribution in [3.63, 3.8) is 0 Å². The van der Waals surface area contributed by atoms with E-state index >= 15 is 0 Å². The van der Waals surface area contributed by atoms with E-state index in [2.05, 4.69) is 0 Å². The Labute approximate surface area is 169 Å².